The molecule has 3 rings (SSSR count). The van der Waals surface area contributed by atoms with Crippen molar-refractivity contribution in [3.8, 4) is 0 Å². The molecule has 0 saturated carbocycles. The maximum Gasteiger partial charge on any atom is 0.197 e. The normalized spacial score (nSPS) is 16.6. The number of hydrogen-bond donors (Lipinski definition) is 1. The summed E-state index contributed by atoms with van der Waals surface area (Å²) in [5, 5.41) is 2.90. The van der Waals surface area contributed by atoms with Crippen LogP contribution in [0.15, 0.2) is 18.2 Å². The Hall–Kier alpha value is -1.04. The fraction of sp³-hybridized carbons (Fsp3) is 0.364. The van der Waals surface area contributed by atoms with Crippen molar-refractivity contribution in [2.45, 2.75) is 0 Å². The molecule has 0 radical (unpaired) electrons. The quantitative estimate of drug-likeness (QED) is 0.807. The van der Waals surface area contributed by atoms with Gasteiger partial charge in [0, 0.05) is 5.02 Å². The highest BCUT2D eigenvalue weighted by molar-refractivity contribution is 7.71. The Kier molecular flexibility index (Phi) is 2.82. The monoisotopic (exact) mass is 269 g/mol. The molecule has 17 heavy (non-hydrogen) atoms. The molecule has 1 aromatic heterocycles. The first kappa shape index (κ1) is 11.1. The van der Waals surface area contributed by atoms with E-state index >= 15 is 0 Å². The topological polar surface area (TPSA) is 33.2 Å². The Labute approximate surface area is 109 Å². The molecule has 1 aromatic carbocycles. The zero-order valence-corrected chi connectivity index (χ0v) is 10.7. The number of nitrogens with one attached hydrogen (secondary N) is 1. The summed E-state index contributed by atoms with van der Waals surface area (Å²) < 4.78 is 8.06. The second kappa shape index (κ2) is 4.33. The number of ether oxygens (including phenoxy) is 1. The van der Waals surface area contributed by atoms with Crippen LogP contribution in [0, 0.1) is 4.77 Å². The second-order valence-corrected chi connectivity index (χ2v) is 4.79. The molecule has 4 nitrogen and oxygen atoms in total. The van der Waals surface area contributed by atoms with E-state index in [0.717, 1.165) is 37.3 Å². The summed E-state index contributed by atoms with van der Waals surface area (Å²) in [6, 6.07) is 5.74. The van der Waals surface area contributed by atoms with Crippen LogP contribution in [0.3, 0.4) is 0 Å². The molecular formula is C11H12ClN3OS. The standard InChI is InChI=1S/C11H12ClN3OS/c12-8-1-2-9-10(7-8)15(11(17)13-9)14-3-5-16-6-4-14/h1-2,7H,3-6H2,(H,13,17). The highest BCUT2D eigenvalue weighted by Crippen LogP contribution is 2.19. The molecule has 1 aliphatic heterocycles. The first-order valence-electron chi connectivity index (χ1n) is 5.49. The Morgan fingerprint density at radius 3 is 2.82 bits per heavy atom. The number of hydrogen-bond acceptors (Lipinski definition) is 3. The lowest BCUT2D eigenvalue weighted by atomic mass is 10.3. The molecule has 0 amide bonds. The van der Waals surface area contributed by atoms with Crippen LogP contribution in [0.1, 0.15) is 0 Å². The van der Waals surface area contributed by atoms with Gasteiger partial charge in [-0.15, -0.1) is 0 Å². The number of imidazole rings is 1. The van der Waals surface area contributed by atoms with E-state index in [2.05, 4.69) is 9.99 Å². The first-order valence-corrected chi connectivity index (χ1v) is 6.27. The third-order valence-electron chi connectivity index (χ3n) is 2.89. The Morgan fingerprint density at radius 1 is 1.29 bits per heavy atom. The lowest BCUT2D eigenvalue weighted by Crippen LogP contribution is -2.43. The Balaban J connectivity index is 2.16. The van der Waals surface area contributed by atoms with Gasteiger partial charge in [0.2, 0.25) is 0 Å². The summed E-state index contributed by atoms with van der Waals surface area (Å²) in [6.45, 7) is 3.14. The number of fused-ring (bicyclic) bond motifs is 1. The van der Waals surface area contributed by atoms with Crippen molar-refractivity contribution in [3.63, 3.8) is 0 Å². The molecule has 6 heteroatoms. The Morgan fingerprint density at radius 2 is 2.06 bits per heavy atom. The summed E-state index contributed by atoms with van der Waals surface area (Å²) in [6.07, 6.45) is 0. The Bertz CT molecular complexity index is 600. The van der Waals surface area contributed by atoms with E-state index in [1.165, 1.54) is 0 Å². The molecule has 1 saturated heterocycles. The van der Waals surface area contributed by atoms with Crippen molar-refractivity contribution in [1.29, 1.82) is 0 Å². The maximum atomic E-state index is 6.03. The summed E-state index contributed by atoms with van der Waals surface area (Å²) in [5.74, 6) is 0. The van der Waals surface area contributed by atoms with Crippen molar-refractivity contribution in [3.05, 3.63) is 28.0 Å². The highest BCUT2D eigenvalue weighted by atomic mass is 35.5. The van der Waals surface area contributed by atoms with Crippen LogP contribution in [0.4, 0.5) is 0 Å². The summed E-state index contributed by atoms with van der Waals surface area (Å²) in [5.41, 5.74) is 2.02. The van der Waals surface area contributed by atoms with Gasteiger partial charge in [-0.05, 0) is 30.4 Å². The fourth-order valence-electron chi connectivity index (χ4n) is 2.10. The maximum absolute atomic E-state index is 6.03. The average molecular weight is 270 g/mol. The third kappa shape index (κ3) is 1.94. The van der Waals surface area contributed by atoms with Gasteiger partial charge < -0.3 is 14.7 Å². The minimum Gasteiger partial charge on any atom is -0.378 e. The number of aromatic nitrogens is 2. The second-order valence-electron chi connectivity index (χ2n) is 3.97. The van der Waals surface area contributed by atoms with Crippen molar-refractivity contribution >= 4 is 34.9 Å². The van der Waals surface area contributed by atoms with Crippen LogP contribution >= 0.6 is 23.8 Å². The summed E-state index contributed by atoms with van der Waals surface area (Å²) in [7, 11) is 0. The van der Waals surface area contributed by atoms with Gasteiger partial charge in [-0.25, -0.2) is 4.68 Å². The number of nitrogens with zero attached hydrogens (tertiary/aromatic N) is 2. The van der Waals surface area contributed by atoms with Gasteiger partial charge in [0.1, 0.15) is 0 Å². The van der Waals surface area contributed by atoms with Gasteiger partial charge in [0.25, 0.3) is 0 Å². The largest absolute Gasteiger partial charge is 0.378 e. The minimum atomic E-state index is 0.698. The van der Waals surface area contributed by atoms with Crippen molar-refractivity contribution in [2.75, 3.05) is 31.3 Å². The van der Waals surface area contributed by atoms with Gasteiger partial charge in [-0.3, -0.25) is 0 Å². The number of benzene rings is 1. The van der Waals surface area contributed by atoms with Gasteiger partial charge in [0.15, 0.2) is 4.77 Å². The smallest absolute Gasteiger partial charge is 0.197 e. The van der Waals surface area contributed by atoms with E-state index in [1.54, 1.807) is 0 Å². The van der Waals surface area contributed by atoms with Crippen LogP contribution in [-0.2, 0) is 4.74 Å². The van der Waals surface area contributed by atoms with Gasteiger partial charge in [0.05, 0.1) is 37.3 Å². The number of aromatic amines is 1. The van der Waals surface area contributed by atoms with E-state index in [-0.39, 0.29) is 0 Å². The van der Waals surface area contributed by atoms with Gasteiger partial charge in [-0.1, -0.05) is 11.6 Å². The van der Waals surface area contributed by atoms with Crippen molar-refractivity contribution < 1.29 is 4.74 Å². The van der Waals surface area contributed by atoms with E-state index < -0.39 is 0 Å². The van der Waals surface area contributed by atoms with E-state index in [0.29, 0.717) is 9.79 Å². The van der Waals surface area contributed by atoms with Crippen LogP contribution in [0.25, 0.3) is 11.0 Å². The molecule has 0 spiro atoms. The SMILES string of the molecule is S=c1[nH]c2ccc(Cl)cc2n1N1CCOCC1. The third-order valence-corrected chi connectivity index (χ3v) is 3.40. The average Bonchev–Trinajstić information content (AvgIpc) is 2.65. The minimum absolute atomic E-state index is 0.698. The molecule has 2 heterocycles. The molecule has 0 bridgehead atoms. The van der Waals surface area contributed by atoms with Crippen LogP contribution < -0.4 is 5.01 Å². The number of rotatable bonds is 1. The van der Waals surface area contributed by atoms with Crippen molar-refractivity contribution in [1.82, 2.24) is 9.66 Å². The zero-order chi connectivity index (χ0) is 11.8. The lowest BCUT2D eigenvalue weighted by molar-refractivity contribution is 0.111. The van der Waals surface area contributed by atoms with Crippen molar-refractivity contribution in [2.24, 2.45) is 0 Å². The lowest BCUT2D eigenvalue weighted by Gasteiger charge is -2.29. The molecule has 0 aliphatic carbocycles. The molecule has 2 aromatic rings. The van der Waals surface area contributed by atoms with Crippen LogP contribution in [0.2, 0.25) is 5.02 Å². The summed E-state index contributed by atoms with van der Waals surface area (Å²) >= 11 is 11.4. The van der Waals surface area contributed by atoms with Gasteiger partial charge >= 0.3 is 0 Å². The fourth-order valence-corrected chi connectivity index (χ4v) is 2.59. The molecule has 1 fully saturated rings. The number of halogens is 1. The molecule has 1 aliphatic rings. The molecule has 0 unspecified atom stereocenters. The predicted molar refractivity (Wildman–Crippen MR) is 70.9 cm³/mol. The van der Waals surface area contributed by atoms with E-state index in [1.807, 2.05) is 22.9 Å². The highest BCUT2D eigenvalue weighted by Gasteiger charge is 2.15. The predicted octanol–water partition coefficient (Wildman–Crippen LogP) is 2.32. The van der Waals surface area contributed by atoms with Crippen LogP contribution in [0.5, 0.6) is 0 Å². The molecule has 90 valence electrons. The zero-order valence-electron chi connectivity index (χ0n) is 9.15. The molecule has 0 atom stereocenters. The van der Waals surface area contributed by atoms with E-state index in [9.17, 15) is 0 Å². The first-order chi connectivity index (χ1) is 8.25. The summed E-state index contributed by atoms with van der Waals surface area (Å²) in [4.78, 5) is 3.19. The molecular weight excluding hydrogens is 258 g/mol. The number of H-pyrrole nitrogens is 1. The molecule has 1 N–H and O–H groups in total. The van der Waals surface area contributed by atoms with E-state index in [4.69, 9.17) is 28.6 Å². The van der Waals surface area contributed by atoms with Crippen LogP contribution in [-0.4, -0.2) is 36.0 Å². The van der Waals surface area contributed by atoms with Gasteiger partial charge in [-0.2, -0.15) is 0 Å². The number of morpholine rings is 1.